The van der Waals surface area contributed by atoms with Gasteiger partial charge in [0, 0.05) is 55.9 Å². The third-order valence-corrected chi connectivity index (χ3v) is 6.88. The van der Waals surface area contributed by atoms with Crippen molar-refractivity contribution in [2.45, 2.75) is 25.2 Å². The number of benzene rings is 1. The van der Waals surface area contributed by atoms with E-state index in [0.29, 0.717) is 13.1 Å². The van der Waals surface area contributed by atoms with E-state index in [1.807, 2.05) is 42.5 Å². The van der Waals surface area contributed by atoms with Crippen LogP contribution in [0.15, 0.2) is 42.5 Å². The minimum absolute atomic E-state index is 0.128. The average molecular weight is 394 g/mol. The van der Waals surface area contributed by atoms with Crippen molar-refractivity contribution in [2.75, 3.05) is 27.2 Å². The maximum absolute atomic E-state index is 12.4. The van der Waals surface area contributed by atoms with E-state index < -0.39 is 10.2 Å². The van der Waals surface area contributed by atoms with E-state index in [1.165, 1.54) is 4.31 Å². The highest BCUT2D eigenvalue weighted by Crippen LogP contribution is 2.28. The molecule has 0 saturated carbocycles. The lowest BCUT2D eigenvalue weighted by atomic mass is 9.95. The number of piperidine rings is 1. The van der Waals surface area contributed by atoms with Gasteiger partial charge in [-0.2, -0.15) is 17.0 Å². The third-order valence-electron chi connectivity index (χ3n) is 4.72. The second kappa shape index (κ2) is 8.05. The largest absolute Gasteiger partial charge is 0.281 e. The Kier molecular flexibility index (Phi) is 5.97. The molecule has 0 amide bonds. The zero-order chi connectivity index (χ0) is 18.7. The Hall–Kier alpha value is -1.47. The highest BCUT2D eigenvalue weighted by atomic mass is 35.5. The summed E-state index contributed by atoms with van der Waals surface area (Å²) in [6, 6.07) is 13.8. The summed E-state index contributed by atoms with van der Waals surface area (Å²) in [5.74, 6) is 0.128. The van der Waals surface area contributed by atoms with Gasteiger partial charge in [-0.15, -0.1) is 0 Å². The van der Waals surface area contributed by atoms with Crippen molar-refractivity contribution in [1.82, 2.24) is 13.6 Å². The molecule has 0 bridgehead atoms. The molecule has 1 aliphatic heterocycles. The van der Waals surface area contributed by atoms with Crippen LogP contribution in [0.1, 0.15) is 35.7 Å². The van der Waals surface area contributed by atoms with Crippen LogP contribution in [-0.4, -0.2) is 49.2 Å². The fraction of sp³-hybridized carbons (Fsp3) is 0.421. The third kappa shape index (κ3) is 4.43. The molecule has 1 atom stereocenters. The molecule has 1 aromatic heterocycles. The van der Waals surface area contributed by atoms with Crippen molar-refractivity contribution >= 4 is 21.8 Å². The molecule has 7 heteroatoms. The minimum atomic E-state index is -3.38. The molecule has 2 heterocycles. The number of nitrogens with zero attached hydrogens (tertiary/aromatic N) is 3. The van der Waals surface area contributed by atoms with Gasteiger partial charge in [-0.05, 0) is 42.7 Å². The van der Waals surface area contributed by atoms with Crippen molar-refractivity contribution < 1.29 is 8.42 Å². The van der Waals surface area contributed by atoms with Crippen LogP contribution in [0.2, 0.25) is 5.02 Å². The first-order valence-corrected chi connectivity index (χ1v) is 10.5. The van der Waals surface area contributed by atoms with Crippen molar-refractivity contribution in [3.05, 3.63) is 64.4 Å². The normalized spacial score (nSPS) is 19.0. The Labute approximate surface area is 160 Å². The summed E-state index contributed by atoms with van der Waals surface area (Å²) in [6.07, 6.45) is 2.54. The number of rotatable bonds is 5. The van der Waals surface area contributed by atoms with Crippen LogP contribution < -0.4 is 0 Å². The van der Waals surface area contributed by atoms with E-state index >= 15 is 0 Å². The molecule has 0 N–H and O–H groups in total. The van der Waals surface area contributed by atoms with Gasteiger partial charge in [0.2, 0.25) is 0 Å². The molecule has 1 aromatic carbocycles. The molecule has 0 radical (unpaired) electrons. The number of hydrogen-bond acceptors (Lipinski definition) is 3. The molecule has 1 aliphatic rings. The molecule has 2 aromatic rings. The molecule has 5 nitrogen and oxygen atoms in total. The van der Waals surface area contributed by atoms with E-state index in [-0.39, 0.29) is 5.92 Å². The molecule has 0 spiro atoms. The average Bonchev–Trinajstić information content (AvgIpc) is 2.64. The zero-order valence-electron chi connectivity index (χ0n) is 15.1. The second-order valence-corrected chi connectivity index (χ2v) is 9.42. The lowest BCUT2D eigenvalue weighted by Crippen LogP contribution is -2.45. The number of aromatic nitrogens is 1. The molecule has 3 rings (SSSR count). The van der Waals surface area contributed by atoms with E-state index in [2.05, 4.69) is 0 Å². The van der Waals surface area contributed by atoms with E-state index in [4.69, 9.17) is 16.6 Å². The summed E-state index contributed by atoms with van der Waals surface area (Å²) < 4.78 is 27.7. The maximum Gasteiger partial charge on any atom is 0.281 e. The lowest BCUT2D eigenvalue weighted by molar-refractivity contribution is 0.296. The molecule has 140 valence electrons. The topological polar surface area (TPSA) is 53.5 Å². The van der Waals surface area contributed by atoms with Crippen molar-refractivity contribution in [3.8, 4) is 0 Å². The van der Waals surface area contributed by atoms with Crippen LogP contribution >= 0.6 is 11.6 Å². The van der Waals surface area contributed by atoms with Gasteiger partial charge < -0.3 is 0 Å². The monoisotopic (exact) mass is 393 g/mol. The van der Waals surface area contributed by atoms with Gasteiger partial charge >= 0.3 is 0 Å². The van der Waals surface area contributed by atoms with E-state index in [9.17, 15) is 8.42 Å². The van der Waals surface area contributed by atoms with Gasteiger partial charge in [0.15, 0.2) is 0 Å². The van der Waals surface area contributed by atoms with Crippen molar-refractivity contribution in [1.29, 1.82) is 0 Å². The Morgan fingerprint density at radius 3 is 2.62 bits per heavy atom. The minimum Gasteiger partial charge on any atom is -0.257 e. The van der Waals surface area contributed by atoms with Crippen LogP contribution in [0.25, 0.3) is 0 Å². The first kappa shape index (κ1) is 19.3. The fourth-order valence-corrected chi connectivity index (χ4v) is 4.58. The number of pyridine rings is 1. The Bertz CT molecular complexity index is 853. The maximum atomic E-state index is 12.4. The molecule has 26 heavy (non-hydrogen) atoms. The van der Waals surface area contributed by atoms with Crippen LogP contribution in [0.4, 0.5) is 0 Å². The highest BCUT2D eigenvalue weighted by Gasteiger charge is 2.31. The molecule has 1 saturated heterocycles. The van der Waals surface area contributed by atoms with Crippen LogP contribution in [0, 0.1) is 0 Å². The van der Waals surface area contributed by atoms with Gasteiger partial charge in [0.1, 0.15) is 0 Å². The molecular weight excluding hydrogens is 370 g/mol. The Morgan fingerprint density at radius 2 is 1.92 bits per heavy atom. The smallest absolute Gasteiger partial charge is 0.257 e. The van der Waals surface area contributed by atoms with E-state index in [0.717, 1.165) is 41.2 Å². The number of halogens is 1. The summed E-state index contributed by atoms with van der Waals surface area (Å²) in [5.41, 5.74) is 3.10. The van der Waals surface area contributed by atoms with Gasteiger partial charge in [0.05, 0.1) is 0 Å². The molecule has 1 fully saturated rings. The van der Waals surface area contributed by atoms with E-state index in [1.54, 1.807) is 18.4 Å². The van der Waals surface area contributed by atoms with Crippen LogP contribution in [0.5, 0.6) is 0 Å². The summed E-state index contributed by atoms with van der Waals surface area (Å²) in [7, 11) is -0.231. The Balaban J connectivity index is 1.76. The molecule has 0 unspecified atom stereocenters. The summed E-state index contributed by atoms with van der Waals surface area (Å²) in [5, 5.41) is 0.722. The van der Waals surface area contributed by atoms with Gasteiger partial charge in [-0.25, -0.2) is 0 Å². The first-order chi connectivity index (χ1) is 12.4. The Morgan fingerprint density at radius 1 is 1.19 bits per heavy atom. The van der Waals surface area contributed by atoms with Crippen molar-refractivity contribution in [3.63, 3.8) is 0 Å². The van der Waals surface area contributed by atoms with Gasteiger partial charge in [-0.3, -0.25) is 4.98 Å². The lowest BCUT2D eigenvalue weighted by Gasteiger charge is -2.33. The van der Waals surface area contributed by atoms with Gasteiger partial charge in [-0.1, -0.05) is 29.8 Å². The van der Waals surface area contributed by atoms with Gasteiger partial charge in [0.25, 0.3) is 10.2 Å². The standard InChI is InChI=1S/C19H24ClN3O2S/c1-22(2)26(24,25)23-12-4-5-16(14-23)19-7-3-6-18(21-19)13-15-8-10-17(20)11-9-15/h3,6-11,16H,4-5,12-14H2,1-2H3/t16-/m0/s1. The zero-order valence-corrected chi connectivity index (χ0v) is 16.7. The fourth-order valence-electron chi connectivity index (χ4n) is 3.26. The molecular formula is C19H24ClN3O2S. The second-order valence-electron chi connectivity index (χ2n) is 6.84. The van der Waals surface area contributed by atoms with Crippen molar-refractivity contribution in [2.24, 2.45) is 0 Å². The highest BCUT2D eigenvalue weighted by molar-refractivity contribution is 7.86. The summed E-state index contributed by atoms with van der Waals surface area (Å²) >= 11 is 5.94. The first-order valence-electron chi connectivity index (χ1n) is 8.74. The summed E-state index contributed by atoms with van der Waals surface area (Å²) in [6.45, 7) is 1.05. The predicted molar refractivity (Wildman–Crippen MR) is 105 cm³/mol. The van der Waals surface area contributed by atoms with Crippen LogP contribution in [-0.2, 0) is 16.6 Å². The number of hydrogen-bond donors (Lipinski definition) is 0. The molecule has 0 aliphatic carbocycles. The predicted octanol–water partition coefficient (Wildman–Crippen LogP) is 3.31. The quantitative estimate of drug-likeness (QED) is 0.783. The summed E-state index contributed by atoms with van der Waals surface area (Å²) in [4.78, 5) is 4.81. The SMILES string of the molecule is CN(C)S(=O)(=O)N1CCC[C@H](c2cccc(Cc3ccc(Cl)cc3)n2)C1. The van der Waals surface area contributed by atoms with Crippen LogP contribution in [0.3, 0.4) is 0 Å².